The van der Waals surface area contributed by atoms with Crippen LogP contribution in [0.4, 0.5) is 11.4 Å². The predicted molar refractivity (Wildman–Crippen MR) is 133 cm³/mol. The summed E-state index contributed by atoms with van der Waals surface area (Å²) in [6, 6.07) is 19.6. The Bertz CT molecular complexity index is 1150. The molecule has 1 aliphatic rings. The van der Waals surface area contributed by atoms with Gasteiger partial charge in [0, 0.05) is 36.4 Å². The Kier molecular flexibility index (Phi) is 7.29. The number of nitrogens with zero attached hydrogens (tertiary/aromatic N) is 3. The van der Waals surface area contributed by atoms with Crippen LogP contribution in [-0.4, -0.2) is 43.0 Å². The van der Waals surface area contributed by atoms with Crippen molar-refractivity contribution in [2.45, 2.75) is 30.2 Å². The summed E-state index contributed by atoms with van der Waals surface area (Å²) < 4.78 is 0. The molecule has 0 radical (unpaired) electrons. The van der Waals surface area contributed by atoms with Gasteiger partial charge < -0.3 is 10.2 Å². The Balaban J connectivity index is 1.38. The maximum atomic E-state index is 13.3. The number of carbonyl (C=O) groups is 2. The number of anilines is 2. The van der Waals surface area contributed by atoms with Crippen molar-refractivity contribution in [3.63, 3.8) is 0 Å². The molecule has 0 bridgehead atoms. The second kappa shape index (κ2) is 10.5. The molecule has 3 aromatic rings. The van der Waals surface area contributed by atoms with Gasteiger partial charge in [0.1, 0.15) is 11.6 Å². The summed E-state index contributed by atoms with van der Waals surface area (Å²) in [4.78, 5) is 35.2. The number of hydrogen-bond acceptors (Lipinski definition) is 5. The number of rotatable bonds is 8. The first kappa shape index (κ1) is 22.9. The second-order valence-electron chi connectivity index (χ2n) is 7.94. The Morgan fingerprint density at radius 1 is 1.12 bits per heavy atom. The summed E-state index contributed by atoms with van der Waals surface area (Å²) >= 11 is 1.45. The van der Waals surface area contributed by atoms with Crippen molar-refractivity contribution in [2.24, 2.45) is 0 Å². The summed E-state index contributed by atoms with van der Waals surface area (Å²) in [6.45, 7) is 6.50. The number of carbonyl (C=O) groups excluding carboxylic acids is 2. The zero-order valence-electron chi connectivity index (χ0n) is 19.0. The number of para-hydroxylation sites is 1. The highest BCUT2D eigenvalue weighted by Gasteiger charge is 2.29. The highest BCUT2D eigenvalue weighted by Crippen LogP contribution is 2.39. The van der Waals surface area contributed by atoms with Crippen LogP contribution in [0.15, 0.2) is 76.8 Å². The van der Waals surface area contributed by atoms with Crippen LogP contribution in [0.1, 0.15) is 29.3 Å². The fourth-order valence-corrected chi connectivity index (χ4v) is 4.93. The Hall–Kier alpha value is -3.32. The van der Waals surface area contributed by atoms with Crippen LogP contribution in [0.2, 0.25) is 0 Å². The van der Waals surface area contributed by atoms with Crippen molar-refractivity contribution >= 4 is 35.0 Å². The van der Waals surface area contributed by atoms with Crippen molar-refractivity contribution in [1.82, 2.24) is 10.3 Å². The number of pyridine rings is 1. The SMILES string of the molecule is CCN(CCCNC(=O)CN1C(=O)c2cccnc2Sc2ccccc21)c1cccc(C)c1. The monoisotopic (exact) mass is 460 g/mol. The maximum Gasteiger partial charge on any atom is 0.261 e. The van der Waals surface area contributed by atoms with Crippen molar-refractivity contribution in [3.8, 4) is 0 Å². The van der Waals surface area contributed by atoms with Gasteiger partial charge in [-0.05, 0) is 62.2 Å². The average molecular weight is 461 g/mol. The zero-order chi connectivity index (χ0) is 23.2. The fraction of sp³-hybridized carbons (Fsp3) is 0.269. The van der Waals surface area contributed by atoms with E-state index in [1.165, 1.54) is 23.0 Å². The van der Waals surface area contributed by atoms with Gasteiger partial charge in [-0.2, -0.15) is 0 Å². The van der Waals surface area contributed by atoms with E-state index in [2.05, 4.69) is 53.3 Å². The minimum Gasteiger partial charge on any atom is -0.372 e. The van der Waals surface area contributed by atoms with Crippen LogP contribution in [0.5, 0.6) is 0 Å². The van der Waals surface area contributed by atoms with Gasteiger partial charge in [-0.1, -0.05) is 36.0 Å². The van der Waals surface area contributed by atoms with Gasteiger partial charge >= 0.3 is 0 Å². The molecule has 2 aromatic carbocycles. The topological polar surface area (TPSA) is 65.5 Å². The lowest BCUT2D eigenvalue weighted by molar-refractivity contribution is -0.119. The summed E-state index contributed by atoms with van der Waals surface area (Å²) in [5.74, 6) is -0.378. The molecular formula is C26H28N4O2S. The molecule has 0 aliphatic carbocycles. The lowest BCUT2D eigenvalue weighted by Gasteiger charge is -2.24. The van der Waals surface area contributed by atoms with Crippen molar-refractivity contribution in [2.75, 3.05) is 36.0 Å². The third-order valence-corrected chi connectivity index (χ3v) is 6.67. The van der Waals surface area contributed by atoms with E-state index in [4.69, 9.17) is 0 Å². The van der Waals surface area contributed by atoms with Crippen molar-refractivity contribution < 1.29 is 9.59 Å². The Labute approximate surface area is 199 Å². The summed E-state index contributed by atoms with van der Waals surface area (Å²) in [5, 5.41) is 3.65. The molecule has 2 amide bonds. The summed E-state index contributed by atoms with van der Waals surface area (Å²) in [5.41, 5.74) is 3.68. The van der Waals surface area contributed by atoms with Gasteiger partial charge in [-0.25, -0.2) is 4.98 Å². The first-order valence-electron chi connectivity index (χ1n) is 11.2. The quantitative estimate of drug-likeness (QED) is 0.500. The molecule has 170 valence electrons. The van der Waals surface area contributed by atoms with E-state index in [-0.39, 0.29) is 18.4 Å². The van der Waals surface area contributed by atoms with Crippen LogP contribution in [0.25, 0.3) is 0 Å². The van der Waals surface area contributed by atoms with E-state index in [0.29, 0.717) is 17.1 Å². The molecule has 7 heteroatoms. The first-order chi connectivity index (χ1) is 16.1. The van der Waals surface area contributed by atoms with E-state index in [0.717, 1.165) is 30.1 Å². The van der Waals surface area contributed by atoms with Gasteiger partial charge in [-0.3, -0.25) is 14.5 Å². The van der Waals surface area contributed by atoms with Gasteiger partial charge in [-0.15, -0.1) is 0 Å². The highest BCUT2D eigenvalue weighted by atomic mass is 32.2. The number of amides is 2. The molecular weight excluding hydrogens is 432 g/mol. The van der Waals surface area contributed by atoms with E-state index in [1.807, 2.05) is 24.3 Å². The normalized spacial score (nSPS) is 12.5. The van der Waals surface area contributed by atoms with E-state index in [9.17, 15) is 9.59 Å². The Morgan fingerprint density at radius 3 is 2.79 bits per heavy atom. The molecule has 4 rings (SSSR count). The molecule has 33 heavy (non-hydrogen) atoms. The average Bonchev–Trinajstić information content (AvgIpc) is 2.94. The summed E-state index contributed by atoms with van der Waals surface area (Å²) in [7, 11) is 0. The number of aryl methyl sites for hydroxylation is 1. The van der Waals surface area contributed by atoms with Crippen molar-refractivity contribution in [3.05, 3.63) is 78.0 Å². The third-order valence-electron chi connectivity index (χ3n) is 5.59. The molecule has 1 N–H and O–H groups in total. The number of aromatic nitrogens is 1. The summed E-state index contributed by atoms with van der Waals surface area (Å²) in [6.07, 6.45) is 2.50. The largest absolute Gasteiger partial charge is 0.372 e. The number of benzene rings is 2. The first-order valence-corrected chi connectivity index (χ1v) is 12.0. The molecule has 0 saturated carbocycles. The predicted octanol–water partition coefficient (Wildman–Crippen LogP) is 4.53. The van der Waals surface area contributed by atoms with Gasteiger partial charge in [0.15, 0.2) is 0 Å². The molecule has 0 spiro atoms. The van der Waals surface area contributed by atoms with E-state index >= 15 is 0 Å². The van der Waals surface area contributed by atoms with Crippen molar-refractivity contribution in [1.29, 1.82) is 0 Å². The molecule has 0 atom stereocenters. The third kappa shape index (κ3) is 5.37. The standard InChI is InChI=1S/C26H28N4O2S/c1-3-29(20-10-6-9-19(2)17-20)16-8-15-27-24(31)18-30-22-12-4-5-13-23(22)33-25-21(26(30)32)11-7-14-28-25/h4-7,9-14,17H,3,8,15-16,18H2,1-2H3,(H,27,31). The lowest BCUT2D eigenvalue weighted by Crippen LogP contribution is -2.41. The van der Waals surface area contributed by atoms with Crippen LogP contribution in [0, 0.1) is 6.92 Å². The number of hydrogen-bond donors (Lipinski definition) is 1. The van der Waals surface area contributed by atoms with Crippen LogP contribution < -0.4 is 15.1 Å². The fourth-order valence-electron chi connectivity index (χ4n) is 3.91. The number of fused-ring (bicyclic) bond motifs is 2. The molecule has 2 heterocycles. The minimum absolute atomic E-state index is 0.0277. The zero-order valence-corrected chi connectivity index (χ0v) is 19.8. The van der Waals surface area contributed by atoms with E-state index < -0.39 is 0 Å². The van der Waals surface area contributed by atoms with E-state index in [1.54, 1.807) is 23.2 Å². The molecule has 0 unspecified atom stereocenters. The van der Waals surface area contributed by atoms with Gasteiger partial charge in [0.2, 0.25) is 5.91 Å². The number of nitrogens with one attached hydrogen (secondary N) is 1. The lowest BCUT2D eigenvalue weighted by atomic mass is 10.2. The minimum atomic E-state index is -0.206. The van der Waals surface area contributed by atoms with Gasteiger partial charge in [0.25, 0.3) is 5.91 Å². The van der Waals surface area contributed by atoms with Crippen LogP contribution in [0.3, 0.4) is 0 Å². The van der Waals surface area contributed by atoms with Crippen LogP contribution >= 0.6 is 11.8 Å². The van der Waals surface area contributed by atoms with Gasteiger partial charge in [0.05, 0.1) is 11.3 Å². The molecule has 1 aliphatic heterocycles. The molecule has 6 nitrogen and oxygen atoms in total. The Morgan fingerprint density at radius 2 is 1.97 bits per heavy atom. The molecule has 0 fully saturated rings. The highest BCUT2D eigenvalue weighted by molar-refractivity contribution is 7.99. The molecule has 0 saturated heterocycles. The smallest absolute Gasteiger partial charge is 0.261 e. The van der Waals surface area contributed by atoms with Crippen LogP contribution in [-0.2, 0) is 4.79 Å². The second-order valence-corrected chi connectivity index (χ2v) is 8.97. The molecule has 1 aromatic heterocycles. The maximum absolute atomic E-state index is 13.3.